The van der Waals surface area contributed by atoms with E-state index in [1.807, 2.05) is 0 Å². The van der Waals surface area contributed by atoms with Gasteiger partial charge < -0.3 is 15.0 Å². The van der Waals surface area contributed by atoms with E-state index >= 15 is 0 Å². The lowest BCUT2D eigenvalue weighted by atomic mass is 10.2. The van der Waals surface area contributed by atoms with Crippen LogP contribution in [0.2, 0.25) is 0 Å². The van der Waals surface area contributed by atoms with E-state index < -0.39 is 10.8 Å². The lowest BCUT2D eigenvalue weighted by Crippen LogP contribution is -2.15. The van der Waals surface area contributed by atoms with Crippen molar-refractivity contribution in [2.75, 3.05) is 12.4 Å². The molecule has 2 N–H and O–H groups in total. The minimum atomic E-state index is -0.574. The van der Waals surface area contributed by atoms with Crippen LogP contribution in [0.5, 0.6) is 5.75 Å². The predicted octanol–water partition coefficient (Wildman–Crippen LogP) is 1.54. The summed E-state index contributed by atoms with van der Waals surface area (Å²) >= 11 is 0. The van der Waals surface area contributed by atoms with E-state index in [9.17, 15) is 19.7 Å². The largest absolute Gasteiger partial charge is 0.495 e. The Labute approximate surface area is 118 Å². The number of rotatable bonds is 4. The lowest BCUT2D eigenvalue weighted by molar-refractivity contribution is -0.384. The van der Waals surface area contributed by atoms with Gasteiger partial charge in [0.1, 0.15) is 5.75 Å². The number of carbonyl (C=O) groups excluding carboxylic acids is 1. The van der Waals surface area contributed by atoms with Gasteiger partial charge >= 0.3 is 0 Å². The summed E-state index contributed by atoms with van der Waals surface area (Å²) in [5.74, 6) is -0.233. The number of nitro groups is 1. The number of non-ortho nitro benzene ring substituents is 1. The molecule has 2 rings (SSSR count). The van der Waals surface area contributed by atoms with Gasteiger partial charge in [-0.25, -0.2) is 0 Å². The Morgan fingerprint density at radius 3 is 2.67 bits per heavy atom. The number of hydrogen-bond acceptors (Lipinski definition) is 5. The molecule has 8 heteroatoms. The summed E-state index contributed by atoms with van der Waals surface area (Å²) in [5.41, 5.74) is -0.127. The smallest absolute Gasteiger partial charge is 0.271 e. The van der Waals surface area contributed by atoms with Gasteiger partial charge in [-0.05, 0) is 12.1 Å². The van der Waals surface area contributed by atoms with Gasteiger partial charge in [-0.2, -0.15) is 0 Å². The molecular formula is C13H11N3O5. The van der Waals surface area contributed by atoms with Crippen molar-refractivity contribution in [1.29, 1.82) is 0 Å². The maximum Gasteiger partial charge on any atom is 0.271 e. The number of nitrogens with zero attached hydrogens (tertiary/aromatic N) is 1. The first-order chi connectivity index (χ1) is 10.0. The third-order valence-corrected chi connectivity index (χ3v) is 2.69. The Bertz CT molecular complexity index is 733. The number of aromatic nitrogens is 1. The Morgan fingerprint density at radius 1 is 1.33 bits per heavy atom. The molecule has 0 fully saturated rings. The van der Waals surface area contributed by atoms with Crippen LogP contribution in [-0.2, 0) is 0 Å². The first-order valence-electron chi connectivity index (χ1n) is 5.84. The van der Waals surface area contributed by atoms with Crippen LogP contribution < -0.4 is 15.6 Å². The van der Waals surface area contributed by atoms with Crippen LogP contribution in [0.4, 0.5) is 11.4 Å². The molecule has 0 aliphatic carbocycles. The molecule has 108 valence electrons. The van der Waals surface area contributed by atoms with Crippen molar-refractivity contribution in [1.82, 2.24) is 4.98 Å². The van der Waals surface area contributed by atoms with Crippen LogP contribution in [0.25, 0.3) is 0 Å². The van der Waals surface area contributed by atoms with Gasteiger partial charge in [0, 0.05) is 24.4 Å². The van der Waals surface area contributed by atoms with Gasteiger partial charge in [-0.1, -0.05) is 0 Å². The topological polar surface area (TPSA) is 114 Å². The second kappa shape index (κ2) is 5.87. The Balaban J connectivity index is 2.31. The van der Waals surface area contributed by atoms with Crippen molar-refractivity contribution in [3.63, 3.8) is 0 Å². The molecule has 1 aromatic heterocycles. The van der Waals surface area contributed by atoms with Gasteiger partial charge in [0.15, 0.2) is 0 Å². The van der Waals surface area contributed by atoms with Crippen LogP contribution in [0.3, 0.4) is 0 Å². The standard InChI is InChI=1S/C13H11N3O5/c1-21-11-4-3-9(16(19)20)6-10(11)15-13(18)8-2-5-12(17)14-7-8/h2-7H,1H3,(H,14,17)(H,15,18). The molecule has 0 aliphatic rings. The highest BCUT2D eigenvalue weighted by Crippen LogP contribution is 2.29. The van der Waals surface area contributed by atoms with E-state index in [4.69, 9.17) is 4.74 Å². The highest BCUT2D eigenvalue weighted by molar-refractivity contribution is 6.05. The first-order valence-corrected chi connectivity index (χ1v) is 5.84. The van der Waals surface area contributed by atoms with Crippen LogP contribution >= 0.6 is 0 Å². The molecule has 1 aromatic carbocycles. The summed E-state index contributed by atoms with van der Waals surface area (Å²) in [7, 11) is 1.39. The molecule has 1 heterocycles. The molecule has 0 aliphatic heterocycles. The van der Waals surface area contributed by atoms with Gasteiger partial charge in [-0.3, -0.25) is 19.7 Å². The highest BCUT2D eigenvalue weighted by Gasteiger charge is 2.14. The Morgan fingerprint density at radius 2 is 2.10 bits per heavy atom. The van der Waals surface area contributed by atoms with E-state index in [0.717, 1.165) is 0 Å². The van der Waals surface area contributed by atoms with E-state index in [2.05, 4.69) is 10.3 Å². The van der Waals surface area contributed by atoms with E-state index in [0.29, 0.717) is 5.75 Å². The molecule has 0 saturated heterocycles. The minimum Gasteiger partial charge on any atom is -0.495 e. The molecule has 0 bridgehead atoms. The molecule has 21 heavy (non-hydrogen) atoms. The highest BCUT2D eigenvalue weighted by atomic mass is 16.6. The fraction of sp³-hybridized carbons (Fsp3) is 0.0769. The number of pyridine rings is 1. The number of H-pyrrole nitrogens is 1. The van der Waals surface area contributed by atoms with E-state index in [-0.39, 0.29) is 22.5 Å². The van der Waals surface area contributed by atoms with Crippen LogP contribution in [-0.4, -0.2) is 22.9 Å². The molecule has 0 unspecified atom stereocenters. The zero-order chi connectivity index (χ0) is 15.4. The van der Waals surface area contributed by atoms with Crippen molar-refractivity contribution in [3.8, 4) is 5.75 Å². The second-order valence-corrected chi connectivity index (χ2v) is 4.04. The van der Waals surface area contributed by atoms with Crippen LogP contribution in [0.1, 0.15) is 10.4 Å². The van der Waals surface area contributed by atoms with Gasteiger partial charge in [0.25, 0.3) is 11.6 Å². The fourth-order valence-electron chi connectivity index (χ4n) is 1.65. The molecule has 0 atom stereocenters. The number of carbonyl (C=O) groups is 1. The maximum absolute atomic E-state index is 12.0. The summed E-state index contributed by atoms with van der Waals surface area (Å²) in [6.45, 7) is 0. The monoisotopic (exact) mass is 289 g/mol. The summed E-state index contributed by atoms with van der Waals surface area (Å²) < 4.78 is 5.04. The summed E-state index contributed by atoms with van der Waals surface area (Å²) in [5, 5.41) is 13.3. The minimum absolute atomic E-state index is 0.169. The molecule has 2 aromatic rings. The number of aromatic amines is 1. The number of anilines is 1. The van der Waals surface area contributed by atoms with Crippen molar-refractivity contribution >= 4 is 17.3 Å². The molecule has 0 saturated carbocycles. The van der Waals surface area contributed by atoms with Crippen molar-refractivity contribution in [2.24, 2.45) is 0 Å². The number of nitro benzene ring substituents is 1. The number of benzene rings is 1. The molecule has 0 radical (unpaired) electrons. The van der Waals surface area contributed by atoms with E-state index in [1.165, 1.54) is 43.6 Å². The Hall–Kier alpha value is -3.16. The lowest BCUT2D eigenvalue weighted by Gasteiger charge is -2.09. The van der Waals surface area contributed by atoms with Crippen molar-refractivity contribution in [3.05, 3.63) is 62.6 Å². The third kappa shape index (κ3) is 3.24. The predicted molar refractivity (Wildman–Crippen MR) is 74.7 cm³/mol. The quantitative estimate of drug-likeness (QED) is 0.654. The average molecular weight is 289 g/mol. The molecular weight excluding hydrogens is 278 g/mol. The maximum atomic E-state index is 12.0. The zero-order valence-electron chi connectivity index (χ0n) is 11.0. The summed E-state index contributed by atoms with van der Waals surface area (Å²) in [6.07, 6.45) is 1.25. The normalized spacial score (nSPS) is 9.95. The van der Waals surface area contributed by atoms with Gasteiger partial charge in [-0.15, -0.1) is 0 Å². The summed E-state index contributed by atoms with van der Waals surface area (Å²) in [4.78, 5) is 35.5. The van der Waals surface area contributed by atoms with Gasteiger partial charge in [0.05, 0.1) is 23.3 Å². The third-order valence-electron chi connectivity index (χ3n) is 2.69. The molecule has 0 spiro atoms. The van der Waals surface area contributed by atoms with Crippen LogP contribution in [0, 0.1) is 10.1 Å². The van der Waals surface area contributed by atoms with Crippen molar-refractivity contribution < 1.29 is 14.5 Å². The Kier molecular flexibility index (Phi) is 3.98. The second-order valence-electron chi connectivity index (χ2n) is 4.04. The summed E-state index contributed by atoms with van der Waals surface area (Å²) in [6, 6.07) is 6.41. The van der Waals surface area contributed by atoms with Crippen LogP contribution in [0.15, 0.2) is 41.3 Å². The zero-order valence-corrected chi connectivity index (χ0v) is 11.0. The molecule has 8 nitrogen and oxygen atoms in total. The number of ether oxygens (including phenoxy) is 1. The number of hydrogen-bond donors (Lipinski definition) is 2. The van der Waals surface area contributed by atoms with Gasteiger partial charge in [0.2, 0.25) is 5.56 Å². The number of methoxy groups -OCH3 is 1. The number of nitrogens with one attached hydrogen (secondary N) is 2. The van der Waals surface area contributed by atoms with Crippen molar-refractivity contribution in [2.45, 2.75) is 0 Å². The first kappa shape index (κ1) is 14.3. The van der Waals surface area contributed by atoms with E-state index in [1.54, 1.807) is 0 Å². The average Bonchev–Trinajstić information content (AvgIpc) is 2.47. The SMILES string of the molecule is COc1ccc([N+](=O)[O-])cc1NC(=O)c1ccc(=O)[nH]c1. The fourth-order valence-corrected chi connectivity index (χ4v) is 1.65. The molecule has 1 amide bonds. The number of amides is 1.